The number of hydrogen-bond acceptors (Lipinski definition) is 2. The monoisotopic (exact) mass is 244 g/mol. The SMILES string of the molecule is CNCc1cccc2c1ccn2COCC1CC1. The van der Waals surface area contributed by atoms with Crippen LogP contribution in [0.2, 0.25) is 0 Å². The van der Waals surface area contributed by atoms with Gasteiger partial charge >= 0.3 is 0 Å². The Kier molecular flexibility index (Phi) is 3.35. The molecule has 1 aliphatic rings. The van der Waals surface area contributed by atoms with E-state index in [0.717, 1.165) is 19.1 Å². The summed E-state index contributed by atoms with van der Waals surface area (Å²) in [7, 11) is 1.98. The van der Waals surface area contributed by atoms with Crippen LogP contribution in [0, 0.1) is 5.92 Å². The van der Waals surface area contributed by atoms with Crippen LogP contribution < -0.4 is 5.32 Å². The number of nitrogens with one attached hydrogen (secondary N) is 1. The lowest BCUT2D eigenvalue weighted by Crippen LogP contribution is -2.06. The van der Waals surface area contributed by atoms with E-state index < -0.39 is 0 Å². The molecular weight excluding hydrogens is 224 g/mol. The van der Waals surface area contributed by atoms with Crippen molar-refractivity contribution in [3.8, 4) is 0 Å². The summed E-state index contributed by atoms with van der Waals surface area (Å²) in [6.45, 7) is 2.49. The summed E-state index contributed by atoms with van der Waals surface area (Å²) in [6, 6.07) is 8.64. The minimum Gasteiger partial charge on any atom is -0.360 e. The van der Waals surface area contributed by atoms with E-state index in [0.29, 0.717) is 6.73 Å². The van der Waals surface area contributed by atoms with E-state index in [1.165, 1.54) is 29.3 Å². The van der Waals surface area contributed by atoms with Crippen molar-refractivity contribution in [1.29, 1.82) is 0 Å². The van der Waals surface area contributed by atoms with Crippen LogP contribution in [0.15, 0.2) is 30.5 Å². The van der Waals surface area contributed by atoms with Crippen LogP contribution >= 0.6 is 0 Å². The lowest BCUT2D eigenvalue weighted by Gasteiger charge is -2.08. The van der Waals surface area contributed by atoms with E-state index in [1.54, 1.807) is 0 Å². The summed E-state index contributed by atoms with van der Waals surface area (Å²) in [4.78, 5) is 0. The second-order valence-electron chi connectivity index (χ2n) is 5.11. The normalized spacial score (nSPS) is 15.4. The smallest absolute Gasteiger partial charge is 0.122 e. The molecule has 0 saturated heterocycles. The molecule has 1 aromatic heterocycles. The number of benzene rings is 1. The summed E-state index contributed by atoms with van der Waals surface area (Å²) in [5.41, 5.74) is 2.61. The lowest BCUT2D eigenvalue weighted by atomic mass is 10.1. The van der Waals surface area contributed by atoms with Crippen molar-refractivity contribution < 1.29 is 4.74 Å². The average Bonchev–Trinajstić information content (AvgIpc) is 3.11. The second-order valence-corrected chi connectivity index (χ2v) is 5.11. The molecule has 2 aromatic rings. The number of rotatable bonds is 6. The van der Waals surface area contributed by atoms with Gasteiger partial charge in [-0.1, -0.05) is 12.1 Å². The standard InChI is InChI=1S/C15H20N2O/c1-16-9-13-3-2-4-15-14(13)7-8-17(15)11-18-10-12-5-6-12/h2-4,7-8,12,16H,5-6,9-11H2,1H3. The van der Waals surface area contributed by atoms with Gasteiger partial charge in [-0.3, -0.25) is 0 Å². The third-order valence-electron chi connectivity index (χ3n) is 3.55. The lowest BCUT2D eigenvalue weighted by molar-refractivity contribution is 0.0718. The maximum Gasteiger partial charge on any atom is 0.122 e. The predicted molar refractivity (Wildman–Crippen MR) is 73.4 cm³/mol. The van der Waals surface area contributed by atoms with E-state index in [2.05, 4.69) is 40.3 Å². The van der Waals surface area contributed by atoms with Gasteiger partial charge in [-0.15, -0.1) is 0 Å². The molecule has 1 fully saturated rings. The molecule has 0 bridgehead atoms. The van der Waals surface area contributed by atoms with Gasteiger partial charge < -0.3 is 14.6 Å². The summed E-state index contributed by atoms with van der Waals surface area (Å²) < 4.78 is 7.95. The molecule has 3 heteroatoms. The van der Waals surface area contributed by atoms with Crippen LogP contribution in [0.25, 0.3) is 10.9 Å². The van der Waals surface area contributed by atoms with Gasteiger partial charge in [0.2, 0.25) is 0 Å². The highest BCUT2D eigenvalue weighted by Crippen LogP contribution is 2.29. The summed E-state index contributed by atoms with van der Waals surface area (Å²) in [5.74, 6) is 0.826. The van der Waals surface area contributed by atoms with Crippen LogP contribution in [0.4, 0.5) is 0 Å². The fourth-order valence-electron chi connectivity index (χ4n) is 2.35. The van der Waals surface area contributed by atoms with Gasteiger partial charge in [-0.05, 0) is 43.5 Å². The Bertz CT molecular complexity index is 528. The minimum absolute atomic E-state index is 0.670. The van der Waals surface area contributed by atoms with Crippen LogP contribution in [-0.2, 0) is 18.0 Å². The van der Waals surface area contributed by atoms with Gasteiger partial charge in [-0.25, -0.2) is 0 Å². The first kappa shape index (κ1) is 11.8. The zero-order valence-electron chi connectivity index (χ0n) is 10.9. The zero-order valence-corrected chi connectivity index (χ0v) is 10.9. The fourth-order valence-corrected chi connectivity index (χ4v) is 2.35. The largest absolute Gasteiger partial charge is 0.360 e. The third-order valence-corrected chi connectivity index (χ3v) is 3.55. The molecule has 1 heterocycles. The summed E-state index contributed by atoms with van der Waals surface area (Å²) >= 11 is 0. The molecule has 1 aliphatic carbocycles. The highest BCUT2D eigenvalue weighted by atomic mass is 16.5. The molecule has 3 rings (SSSR count). The van der Waals surface area contributed by atoms with Gasteiger partial charge in [0.05, 0.1) is 12.1 Å². The van der Waals surface area contributed by atoms with Gasteiger partial charge in [0.25, 0.3) is 0 Å². The number of aromatic nitrogens is 1. The van der Waals surface area contributed by atoms with Crippen molar-refractivity contribution in [2.75, 3.05) is 13.7 Å². The van der Waals surface area contributed by atoms with Gasteiger partial charge in [0.1, 0.15) is 6.73 Å². The van der Waals surface area contributed by atoms with Crippen molar-refractivity contribution in [2.24, 2.45) is 5.92 Å². The number of fused-ring (bicyclic) bond motifs is 1. The molecule has 1 aromatic carbocycles. The van der Waals surface area contributed by atoms with Crippen LogP contribution in [0.1, 0.15) is 18.4 Å². The van der Waals surface area contributed by atoms with Crippen molar-refractivity contribution >= 4 is 10.9 Å². The van der Waals surface area contributed by atoms with E-state index >= 15 is 0 Å². The molecule has 3 nitrogen and oxygen atoms in total. The van der Waals surface area contributed by atoms with E-state index in [4.69, 9.17) is 4.74 Å². The fraction of sp³-hybridized carbons (Fsp3) is 0.467. The molecule has 18 heavy (non-hydrogen) atoms. The Morgan fingerprint density at radius 3 is 3.00 bits per heavy atom. The Morgan fingerprint density at radius 2 is 2.22 bits per heavy atom. The predicted octanol–water partition coefficient (Wildman–Crippen LogP) is 2.74. The molecule has 0 atom stereocenters. The van der Waals surface area contributed by atoms with Crippen LogP contribution in [-0.4, -0.2) is 18.2 Å². The molecule has 0 aliphatic heterocycles. The first-order valence-electron chi connectivity index (χ1n) is 6.67. The molecule has 0 unspecified atom stereocenters. The van der Waals surface area contributed by atoms with Crippen molar-refractivity contribution in [2.45, 2.75) is 26.1 Å². The van der Waals surface area contributed by atoms with Gasteiger partial charge in [-0.2, -0.15) is 0 Å². The van der Waals surface area contributed by atoms with Gasteiger partial charge in [0, 0.05) is 18.1 Å². The number of hydrogen-bond donors (Lipinski definition) is 1. The molecule has 1 N–H and O–H groups in total. The van der Waals surface area contributed by atoms with E-state index in [-0.39, 0.29) is 0 Å². The Hall–Kier alpha value is -1.32. The topological polar surface area (TPSA) is 26.2 Å². The zero-order chi connectivity index (χ0) is 12.4. The quantitative estimate of drug-likeness (QED) is 0.845. The van der Waals surface area contributed by atoms with Crippen molar-refractivity contribution in [1.82, 2.24) is 9.88 Å². The van der Waals surface area contributed by atoms with E-state index in [9.17, 15) is 0 Å². The molecular formula is C15H20N2O. The van der Waals surface area contributed by atoms with Crippen molar-refractivity contribution in [3.05, 3.63) is 36.0 Å². The molecule has 96 valence electrons. The highest BCUT2D eigenvalue weighted by molar-refractivity contribution is 5.83. The van der Waals surface area contributed by atoms with Crippen molar-refractivity contribution in [3.63, 3.8) is 0 Å². The maximum absolute atomic E-state index is 5.76. The molecule has 1 saturated carbocycles. The highest BCUT2D eigenvalue weighted by Gasteiger charge is 2.21. The third kappa shape index (κ3) is 2.42. The minimum atomic E-state index is 0.670. The number of nitrogens with zero attached hydrogens (tertiary/aromatic N) is 1. The second kappa shape index (κ2) is 5.12. The Morgan fingerprint density at radius 1 is 1.33 bits per heavy atom. The van der Waals surface area contributed by atoms with Crippen LogP contribution in [0.5, 0.6) is 0 Å². The summed E-state index contributed by atoms with van der Waals surface area (Å²) in [6.07, 6.45) is 4.81. The average molecular weight is 244 g/mol. The van der Waals surface area contributed by atoms with Crippen LogP contribution in [0.3, 0.4) is 0 Å². The first-order chi connectivity index (χ1) is 8.88. The first-order valence-corrected chi connectivity index (χ1v) is 6.67. The number of ether oxygens (including phenoxy) is 1. The Labute approximate surface area is 108 Å². The molecule has 0 radical (unpaired) electrons. The van der Waals surface area contributed by atoms with Gasteiger partial charge in [0.15, 0.2) is 0 Å². The molecule has 0 amide bonds. The summed E-state index contributed by atoms with van der Waals surface area (Å²) in [5, 5.41) is 4.53. The van der Waals surface area contributed by atoms with E-state index in [1.807, 2.05) is 7.05 Å². The Balaban J connectivity index is 1.77. The molecule has 0 spiro atoms. The maximum atomic E-state index is 5.76.